The highest BCUT2D eigenvalue weighted by Gasteiger charge is 2.26. The molecular formula is C14H15F2NO. The average molecular weight is 251 g/mol. The molecule has 0 radical (unpaired) electrons. The monoisotopic (exact) mass is 251 g/mol. The molecule has 0 spiro atoms. The van der Waals surface area contributed by atoms with Gasteiger partial charge in [0.1, 0.15) is 17.6 Å². The maximum Gasteiger partial charge on any atom is 0.157 e. The lowest BCUT2D eigenvalue weighted by Gasteiger charge is -2.15. The Morgan fingerprint density at radius 3 is 2.11 bits per heavy atom. The molecule has 0 aliphatic carbocycles. The molecule has 1 rings (SSSR count). The molecule has 0 bridgehead atoms. The molecule has 0 N–H and O–H groups in total. The van der Waals surface area contributed by atoms with Crippen LogP contribution in [0.1, 0.15) is 38.2 Å². The topological polar surface area (TPSA) is 40.9 Å². The van der Waals surface area contributed by atoms with Gasteiger partial charge in [0.25, 0.3) is 0 Å². The normalized spacial score (nSPS) is 12.2. The zero-order valence-electron chi connectivity index (χ0n) is 10.4. The number of nitriles is 1. The highest BCUT2D eigenvalue weighted by molar-refractivity contribution is 5.90. The zero-order chi connectivity index (χ0) is 13.7. The van der Waals surface area contributed by atoms with Crippen molar-refractivity contribution in [2.24, 2.45) is 5.92 Å². The van der Waals surface area contributed by atoms with E-state index in [1.54, 1.807) is 0 Å². The van der Waals surface area contributed by atoms with Crippen molar-refractivity contribution < 1.29 is 13.6 Å². The first-order valence-electron chi connectivity index (χ1n) is 5.92. The molecule has 0 fully saturated rings. The Morgan fingerprint density at radius 2 is 1.72 bits per heavy atom. The van der Waals surface area contributed by atoms with Crippen LogP contribution in [0.5, 0.6) is 0 Å². The van der Waals surface area contributed by atoms with E-state index in [0.717, 1.165) is 18.2 Å². The van der Waals surface area contributed by atoms with Gasteiger partial charge in [-0.1, -0.05) is 13.8 Å². The van der Waals surface area contributed by atoms with Gasteiger partial charge in [-0.2, -0.15) is 5.26 Å². The molecule has 1 atom stereocenters. The second-order valence-electron chi connectivity index (χ2n) is 4.18. The van der Waals surface area contributed by atoms with Crippen molar-refractivity contribution in [3.05, 3.63) is 35.4 Å². The van der Waals surface area contributed by atoms with Crippen LogP contribution in [-0.4, -0.2) is 5.78 Å². The summed E-state index contributed by atoms with van der Waals surface area (Å²) >= 11 is 0. The van der Waals surface area contributed by atoms with E-state index in [4.69, 9.17) is 5.26 Å². The predicted octanol–water partition coefficient (Wildman–Crippen LogP) is 3.58. The minimum absolute atomic E-state index is 0.0897. The second kappa shape index (κ2) is 6.25. The van der Waals surface area contributed by atoms with Crippen molar-refractivity contribution in [2.75, 3.05) is 0 Å². The van der Waals surface area contributed by atoms with Gasteiger partial charge in [0.2, 0.25) is 0 Å². The van der Waals surface area contributed by atoms with Gasteiger partial charge in [0.05, 0.1) is 6.07 Å². The van der Waals surface area contributed by atoms with Crippen LogP contribution in [0, 0.1) is 28.9 Å². The molecule has 0 aromatic heterocycles. The summed E-state index contributed by atoms with van der Waals surface area (Å²) in [7, 11) is 0. The van der Waals surface area contributed by atoms with E-state index in [2.05, 4.69) is 0 Å². The number of hydrogen-bond donors (Lipinski definition) is 0. The van der Waals surface area contributed by atoms with Gasteiger partial charge in [-0.25, -0.2) is 8.78 Å². The molecule has 0 heterocycles. The van der Waals surface area contributed by atoms with E-state index < -0.39 is 17.6 Å². The molecule has 96 valence electrons. The van der Waals surface area contributed by atoms with Crippen molar-refractivity contribution in [3.8, 4) is 6.07 Å². The number of halogens is 2. The summed E-state index contributed by atoms with van der Waals surface area (Å²) in [5, 5.41) is 9.06. The van der Waals surface area contributed by atoms with E-state index in [9.17, 15) is 13.6 Å². The van der Waals surface area contributed by atoms with Gasteiger partial charge in [-0.3, -0.25) is 4.79 Å². The number of benzene rings is 1. The molecule has 0 aliphatic heterocycles. The first-order valence-corrected chi connectivity index (χ1v) is 5.92. The fourth-order valence-electron chi connectivity index (χ4n) is 1.97. The largest absolute Gasteiger partial charge is 0.298 e. The summed E-state index contributed by atoms with van der Waals surface area (Å²) in [6, 6.07) is 4.64. The second-order valence-corrected chi connectivity index (χ2v) is 4.18. The first-order chi connectivity index (χ1) is 8.53. The molecule has 0 amide bonds. The van der Waals surface area contributed by atoms with Gasteiger partial charge in [0, 0.05) is 12.0 Å². The number of nitrogens with zero attached hydrogens (tertiary/aromatic N) is 1. The molecular weight excluding hydrogens is 236 g/mol. The molecule has 0 saturated heterocycles. The Kier molecular flexibility index (Phi) is 4.96. The number of carbonyl (C=O) groups excluding carboxylic acids is 1. The van der Waals surface area contributed by atoms with Crippen molar-refractivity contribution in [2.45, 2.75) is 32.6 Å². The van der Waals surface area contributed by atoms with E-state index in [0.29, 0.717) is 12.8 Å². The summed E-state index contributed by atoms with van der Waals surface area (Å²) in [6.45, 7) is 3.71. The fraction of sp³-hybridized carbons (Fsp3) is 0.429. The Balaban J connectivity index is 3.10. The van der Waals surface area contributed by atoms with Crippen molar-refractivity contribution in [1.82, 2.24) is 0 Å². The summed E-state index contributed by atoms with van der Waals surface area (Å²) in [5.74, 6) is -3.17. The van der Waals surface area contributed by atoms with Gasteiger partial charge in [0.15, 0.2) is 5.78 Å². The number of hydrogen-bond acceptors (Lipinski definition) is 2. The maximum atomic E-state index is 13.1. The van der Waals surface area contributed by atoms with E-state index in [-0.39, 0.29) is 17.3 Å². The zero-order valence-corrected chi connectivity index (χ0v) is 10.4. The minimum Gasteiger partial charge on any atom is -0.298 e. The lowest BCUT2D eigenvalue weighted by molar-refractivity contribution is -0.123. The Hall–Kier alpha value is -1.76. The van der Waals surface area contributed by atoms with Crippen LogP contribution in [0.3, 0.4) is 0 Å². The molecule has 4 heteroatoms. The molecule has 18 heavy (non-hydrogen) atoms. The first kappa shape index (κ1) is 14.3. The third-order valence-electron chi connectivity index (χ3n) is 3.02. The van der Waals surface area contributed by atoms with Crippen molar-refractivity contribution in [3.63, 3.8) is 0 Å². The fourth-order valence-corrected chi connectivity index (χ4v) is 1.97. The SMILES string of the molecule is CCC(CC)C(=O)C(C#N)c1cc(F)cc(F)c1. The molecule has 0 saturated carbocycles. The van der Waals surface area contributed by atoms with Gasteiger partial charge >= 0.3 is 0 Å². The maximum absolute atomic E-state index is 13.1. The van der Waals surface area contributed by atoms with Gasteiger partial charge in [-0.15, -0.1) is 0 Å². The molecule has 0 aliphatic rings. The van der Waals surface area contributed by atoms with Crippen molar-refractivity contribution in [1.29, 1.82) is 5.26 Å². The Bertz CT molecular complexity index is 455. The molecule has 1 unspecified atom stereocenters. The highest BCUT2D eigenvalue weighted by atomic mass is 19.1. The quantitative estimate of drug-likeness (QED) is 0.802. The number of rotatable bonds is 5. The predicted molar refractivity (Wildman–Crippen MR) is 63.8 cm³/mol. The summed E-state index contributed by atoms with van der Waals surface area (Å²) in [6.07, 6.45) is 1.23. The highest BCUT2D eigenvalue weighted by Crippen LogP contribution is 2.24. The lowest BCUT2D eigenvalue weighted by atomic mass is 9.85. The van der Waals surface area contributed by atoms with Crippen LogP contribution in [0.25, 0.3) is 0 Å². The smallest absolute Gasteiger partial charge is 0.157 e. The van der Waals surface area contributed by atoms with Crippen LogP contribution in [0.4, 0.5) is 8.78 Å². The minimum atomic E-state index is -1.10. The standard InChI is InChI=1S/C14H15F2NO/c1-3-9(4-2)14(18)13(8-17)10-5-11(15)7-12(16)6-10/h5-7,9,13H,3-4H2,1-2H3. The van der Waals surface area contributed by atoms with Gasteiger partial charge in [-0.05, 0) is 30.5 Å². The third-order valence-corrected chi connectivity index (χ3v) is 3.02. The van der Waals surface area contributed by atoms with E-state index >= 15 is 0 Å². The average Bonchev–Trinajstić information content (AvgIpc) is 2.30. The van der Waals surface area contributed by atoms with Gasteiger partial charge < -0.3 is 0 Å². The summed E-state index contributed by atoms with van der Waals surface area (Å²) in [4.78, 5) is 12.1. The number of carbonyl (C=O) groups is 1. The molecule has 2 nitrogen and oxygen atoms in total. The van der Waals surface area contributed by atoms with Crippen LogP contribution in [0.2, 0.25) is 0 Å². The number of Topliss-reactive ketones (excluding diaryl/α,β-unsaturated/α-hetero) is 1. The van der Waals surface area contributed by atoms with E-state index in [1.807, 2.05) is 19.9 Å². The Morgan fingerprint density at radius 1 is 1.22 bits per heavy atom. The van der Waals surface area contributed by atoms with Crippen LogP contribution in [-0.2, 0) is 4.79 Å². The van der Waals surface area contributed by atoms with Crippen LogP contribution < -0.4 is 0 Å². The summed E-state index contributed by atoms with van der Waals surface area (Å²) < 4.78 is 26.2. The summed E-state index contributed by atoms with van der Waals surface area (Å²) in [5.41, 5.74) is 0.0897. The van der Waals surface area contributed by atoms with E-state index in [1.165, 1.54) is 0 Å². The Labute approximate surface area is 105 Å². The lowest BCUT2D eigenvalue weighted by Crippen LogP contribution is -2.20. The van der Waals surface area contributed by atoms with Crippen molar-refractivity contribution >= 4 is 5.78 Å². The molecule has 1 aromatic rings. The molecule has 1 aromatic carbocycles. The van der Waals surface area contributed by atoms with Crippen LogP contribution in [0.15, 0.2) is 18.2 Å². The third kappa shape index (κ3) is 3.13. The van der Waals surface area contributed by atoms with Crippen LogP contribution >= 0.6 is 0 Å². The number of ketones is 1.